The van der Waals surface area contributed by atoms with Crippen LogP contribution in [0.25, 0.3) is 0 Å². The van der Waals surface area contributed by atoms with Crippen LogP contribution < -0.4 is 19.5 Å². The van der Waals surface area contributed by atoms with Crippen LogP contribution in [-0.2, 0) is 10.0 Å². The molecule has 0 saturated heterocycles. The normalized spacial score (nSPS) is 11.0. The van der Waals surface area contributed by atoms with E-state index < -0.39 is 15.9 Å². The highest BCUT2D eigenvalue weighted by Gasteiger charge is 2.16. The lowest BCUT2D eigenvalue weighted by Crippen LogP contribution is -2.14. The maximum absolute atomic E-state index is 12.6. The predicted octanol–water partition coefficient (Wildman–Crippen LogP) is 4.47. The Hall–Kier alpha value is -2.75. The van der Waals surface area contributed by atoms with Gasteiger partial charge in [-0.3, -0.25) is 9.52 Å². The summed E-state index contributed by atoms with van der Waals surface area (Å²) < 4.78 is 37.6. The van der Waals surface area contributed by atoms with Gasteiger partial charge in [0.2, 0.25) is 0 Å². The van der Waals surface area contributed by atoms with Gasteiger partial charge in [0.1, 0.15) is 15.7 Å². The van der Waals surface area contributed by atoms with E-state index in [0.717, 1.165) is 11.3 Å². The Morgan fingerprint density at radius 3 is 2.31 bits per heavy atom. The van der Waals surface area contributed by atoms with Crippen LogP contribution in [0.3, 0.4) is 0 Å². The molecule has 1 aromatic heterocycles. The second kappa shape index (κ2) is 8.73. The molecule has 0 aliphatic carbocycles. The van der Waals surface area contributed by atoms with Crippen molar-refractivity contribution in [2.24, 2.45) is 0 Å². The minimum Gasteiger partial charge on any atom is -0.495 e. The van der Waals surface area contributed by atoms with Crippen LogP contribution in [0.2, 0.25) is 5.02 Å². The van der Waals surface area contributed by atoms with Crippen molar-refractivity contribution in [2.75, 3.05) is 24.3 Å². The molecule has 3 rings (SSSR count). The Morgan fingerprint density at radius 1 is 1.03 bits per heavy atom. The van der Waals surface area contributed by atoms with E-state index in [1.54, 1.807) is 23.6 Å². The first-order valence-electron chi connectivity index (χ1n) is 8.23. The summed E-state index contributed by atoms with van der Waals surface area (Å²) in [7, 11) is -0.719. The molecule has 3 aromatic rings. The highest BCUT2D eigenvalue weighted by molar-refractivity contribution is 7.94. The molecule has 2 N–H and O–H groups in total. The molecule has 0 unspecified atom stereocenters. The minimum atomic E-state index is -3.65. The summed E-state index contributed by atoms with van der Waals surface area (Å²) in [5.74, 6) is 0.367. The van der Waals surface area contributed by atoms with Crippen molar-refractivity contribution in [3.63, 3.8) is 0 Å². The number of amides is 1. The van der Waals surface area contributed by atoms with E-state index in [2.05, 4.69) is 10.0 Å². The largest absolute Gasteiger partial charge is 0.495 e. The van der Waals surface area contributed by atoms with Gasteiger partial charge in [0.15, 0.2) is 0 Å². The average Bonchev–Trinajstić information content (AvgIpc) is 3.25. The fourth-order valence-electron chi connectivity index (χ4n) is 2.46. The Kier molecular flexibility index (Phi) is 6.31. The second-order valence-corrected chi connectivity index (χ2v) is 9.02. The van der Waals surface area contributed by atoms with Crippen LogP contribution in [-0.4, -0.2) is 28.5 Å². The van der Waals surface area contributed by atoms with Crippen LogP contribution >= 0.6 is 22.9 Å². The summed E-state index contributed by atoms with van der Waals surface area (Å²) >= 11 is 7.19. The van der Waals surface area contributed by atoms with Gasteiger partial charge in [0.05, 0.1) is 24.9 Å². The molecule has 0 saturated carbocycles. The molecule has 1 heterocycles. The van der Waals surface area contributed by atoms with Gasteiger partial charge in [-0.2, -0.15) is 0 Å². The van der Waals surface area contributed by atoms with Gasteiger partial charge in [-0.25, -0.2) is 8.42 Å². The second-order valence-electron chi connectivity index (χ2n) is 5.76. The molecule has 152 valence electrons. The van der Waals surface area contributed by atoms with Gasteiger partial charge in [-0.05, 0) is 35.7 Å². The van der Waals surface area contributed by atoms with Crippen LogP contribution in [0.15, 0.2) is 58.1 Å². The zero-order valence-corrected chi connectivity index (χ0v) is 17.8. The highest BCUT2D eigenvalue weighted by Crippen LogP contribution is 2.36. The lowest BCUT2D eigenvalue weighted by atomic mass is 10.2. The zero-order valence-electron chi connectivity index (χ0n) is 15.4. The summed E-state index contributed by atoms with van der Waals surface area (Å²) in [5, 5.41) is 4.76. The number of nitrogens with one attached hydrogen (secondary N) is 2. The van der Waals surface area contributed by atoms with Gasteiger partial charge in [0.25, 0.3) is 15.9 Å². The zero-order chi connectivity index (χ0) is 21.0. The summed E-state index contributed by atoms with van der Waals surface area (Å²) in [4.78, 5) is 12.6. The molecule has 0 fully saturated rings. The van der Waals surface area contributed by atoms with E-state index in [0.29, 0.717) is 33.5 Å². The van der Waals surface area contributed by atoms with Gasteiger partial charge in [-0.15, -0.1) is 11.3 Å². The van der Waals surface area contributed by atoms with E-state index in [4.69, 9.17) is 21.1 Å². The number of hydrogen-bond donors (Lipinski definition) is 2. The van der Waals surface area contributed by atoms with E-state index in [1.807, 2.05) is 0 Å². The van der Waals surface area contributed by atoms with E-state index in [9.17, 15) is 13.2 Å². The maximum atomic E-state index is 12.6. The number of methoxy groups -OCH3 is 2. The number of ether oxygens (including phenoxy) is 2. The van der Waals surface area contributed by atoms with E-state index in [-0.39, 0.29) is 4.21 Å². The fourth-order valence-corrected chi connectivity index (χ4v) is 4.75. The number of carbonyl (C=O) groups is 1. The molecule has 29 heavy (non-hydrogen) atoms. The number of hydrogen-bond acceptors (Lipinski definition) is 6. The first kappa shape index (κ1) is 21.0. The van der Waals surface area contributed by atoms with E-state index >= 15 is 0 Å². The number of carbonyl (C=O) groups excluding carboxylic acids is 1. The lowest BCUT2D eigenvalue weighted by molar-refractivity contribution is 0.102. The molecule has 0 aliphatic rings. The summed E-state index contributed by atoms with van der Waals surface area (Å²) in [6, 6.07) is 12.3. The quantitative estimate of drug-likeness (QED) is 0.551. The van der Waals surface area contributed by atoms with Crippen LogP contribution in [0.4, 0.5) is 11.4 Å². The summed E-state index contributed by atoms with van der Waals surface area (Å²) in [5.41, 5.74) is 1.07. The molecular formula is C19H17ClN2O5S2. The Balaban J connectivity index is 1.76. The molecular weight excluding hydrogens is 436 g/mol. The standard InChI is InChI=1S/C19H17ClN2O5S2/c1-26-16-11-15(17(27-2)10-14(16)20)21-19(23)12-5-7-13(8-6-12)22-29(24,25)18-4-3-9-28-18/h3-11,22H,1-2H3,(H,21,23). The van der Waals surface area contributed by atoms with Gasteiger partial charge >= 0.3 is 0 Å². The van der Waals surface area contributed by atoms with Crippen molar-refractivity contribution in [1.29, 1.82) is 0 Å². The first-order chi connectivity index (χ1) is 13.8. The van der Waals surface area contributed by atoms with Crippen LogP contribution in [0.1, 0.15) is 10.4 Å². The third-order valence-electron chi connectivity index (χ3n) is 3.88. The Bertz CT molecular complexity index is 1110. The van der Waals surface area contributed by atoms with Crippen molar-refractivity contribution >= 4 is 50.2 Å². The SMILES string of the molecule is COc1cc(NC(=O)c2ccc(NS(=O)(=O)c3cccs3)cc2)c(OC)cc1Cl. The molecule has 10 heteroatoms. The van der Waals surface area contributed by atoms with Crippen LogP contribution in [0.5, 0.6) is 11.5 Å². The van der Waals surface area contributed by atoms with Gasteiger partial charge in [-0.1, -0.05) is 17.7 Å². The molecule has 0 radical (unpaired) electrons. The Labute approximate surface area is 177 Å². The summed E-state index contributed by atoms with van der Waals surface area (Å²) in [6.07, 6.45) is 0. The van der Waals surface area contributed by atoms with Crippen LogP contribution in [0, 0.1) is 0 Å². The van der Waals surface area contributed by atoms with Crippen molar-refractivity contribution in [3.05, 3.63) is 64.5 Å². The predicted molar refractivity (Wildman–Crippen MR) is 114 cm³/mol. The number of anilines is 2. The third-order valence-corrected chi connectivity index (χ3v) is 6.96. The van der Waals surface area contributed by atoms with Crippen molar-refractivity contribution in [1.82, 2.24) is 0 Å². The molecule has 0 atom stereocenters. The number of sulfonamides is 1. The topological polar surface area (TPSA) is 93.7 Å². The molecule has 0 aliphatic heterocycles. The average molecular weight is 453 g/mol. The monoisotopic (exact) mass is 452 g/mol. The molecule has 7 nitrogen and oxygen atoms in total. The molecule has 0 spiro atoms. The highest BCUT2D eigenvalue weighted by atomic mass is 35.5. The van der Waals surface area contributed by atoms with Crippen molar-refractivity contribution in [3.8, 4) is 11.5 Å². The minimum absolute atomic E-state index is 0.211. The third kappa shape index (κ3) is 4.81. The molecule has 1 amide bonds. The van der Waals surface area contributed by atoms with Gasteiger partial charge < -0.3 is 14.8 Å². The molecule has 0 bridgehead atoms. The van der Waals surface area contributed by atoms with E-state index in [1.165, 1.54) is 44.6 Å². The van der Waals surface area contributed by atoms with Crippen molar-refractivity contribution < 1.29 is 22.7 Å². The smallest absolute Gasteiger partial charge is 0.271 e. The lowest BCUT2D eigenvalue weighted by Gasteiger charge is -2.13. The number of thiophene rings is 1. The number of rotatable bonds is 7. The summed E-state index contributed by atoms with van der Waals surface area (Å²) in [6.45, 7) is 0. The molecule has 2 aromatic carbocycles. The van der Waals surface area contributed by atoms with Crippen molar-refractivity contribution in [2.45, 2.75) is 4.21 Å². The number of benzene rings is 2. The maximum Gasteiger partial charge on any atom is 0.271 e. The van der Waals surface area contributed by atoms with Gasteiger partial charge in [0, 0.05) is 23.4 Å². The fraction of sp³-hybridized carbons (Fsp3) is 0.105. The first-order valence-corrected chi connectivity index (χ1v) is 11.0. The number of halogens is 1. The Morgan fingerprint density at radius 2 is 1.72 bits per heavy atom.